The molecule has 0 amide bonds. The maximum Gasteiger partial charge on any atom is 0.240 e. The quantitative estimate of drug-likeness (QED) is 0.751. The number of aryl methyl sites for hydroxylation is 1. The number of halogens is 1. The van der Waals surface area contributed by atoms with Gasteiger partial charge in [-0.15, -0.1) is 0 Å². The number of nitrogens with one attached hydrogen (secondary N) is 1. The summed E-state index contributed by atoms with van der Waals surface area (Å²) >= 11 is 3.32. The summed E-state index contributed by atoms with van der Waals surface area (Å²) in [6.07, 6.45) is 0.829. The van der Waals surface area contributed by atoms with Gasteiger partial charge < -0.3 is 9.80 Å². The molecule has 0 spiro atoms. The molecule has 1 heterocycles. The van der Waals surface area contributed by atoms with Gasteiger partial charge in [-0.3, -0.25) is 0 Å². The molecule has 1 fully saturated rings. The molecule has 1 aliphatic rings. The first-order valence-corrected chi connectivity index (χ1v) is 9.83. The Kier molecular flexibility index (Phi) is 6.40. The van der Waals surface area contributed by atoms with E-state index in [2.05, 4.69) is 37.5 Å². The highest BCUT2D eigenvalue weighted by Gasteiger charge is 2.17. The third-order valence-corrected chi connectivity index (χ3v) is 6.08. The van der Waals surface area contributed by atoms with Crippen LogP contribution in [0.5, 0.6) is 0 Å². The molecular weight excluding hydrogens is 366 g/mol. The molecule has 22 heavy (non-hydrogen) atoms. The Hall–Kier alpha value is -0.470. The van der Waals surface area contributed by atoms with Gasteiger partial charge in [0.1, 0.15) is 0 Å². The van der Waals surface area contributed by atoms with E-state index < -0.39 is 10.0 Å². The predicted octanol–water partition coefficient (Wildman–Crippen LogP) is 1.67. The van der Waals surface area contributed by atoms with E-state index in [1.54, 1.807) is 6.07 Å². The zero-order valence-electron chi connectivity index (χ0n) is 13.2. The number of piperazine rings is 1. The Morgan fingerprint density at radius 1 is 1.23 bits per heavy atom. The van der Waals surface area contributed by atoms with Crippen molar-refractivity contribution in [1.29, 1.82) is 0 Å². The van der Waals surface area contributed by atoms with Gasteiger partial charge >= 0.3 is 0 Å². The van der Waals surface area contributed by atoms with E-state index in [-0.39, 0.29) is 0 Å². The molecule has 7 heteroatoms. The first-order valence-electron chi connectivity index (χ1n) is 7.55. The lowest BCUT2D eigenvalue weighted by Crippen LogP contribution is -2.45. The molecule has 0 aliphatic carbocycles. The molecule has 0 saturated carbocycles. The van der Waals surface area contributed by atoms with Crippen LogP contribution in [0.2, 0.25) is 0 Å². The second-order valence-corrected chi connectivity index (χ2v) is 8.46. The second kappa shape index (κ2) is 7.88. The largest absolute Gasteiger partial charge is 0.304 e. The van der Waals surface area contributed by atoms with Gasteiger partial charge in [-0.1, -0.05) is 22.0 Å². The van der Waals surface area contributed by atoms with Gasteiger partial charge in [0.2, 0.25) is 10.0 Å². The minimum absolute atomic E-state index is 0.349. The van der Waals surface area contributed by atoms with E-state index in [0.717, 1.165) is 49.2 Å². The van der Waals surface area contributed by atoms with Crippen molar-refractivity contribution in [2.75, 3.05) is 46.3 Å². The third-order valence-electron chi connectivity index (χ3n) is 3.98. The summed E-state index contributed by atoms with van der Waals surface area (Å²) in [5.41, 5.74) is 0.759. The van der Waals surface area contributed by atoms with Gasteiger partial charge in [-0.05, 0) is 44.6 Å². The Morgan fingerprint density at radius 3 is 2.59 bits per heavy atom. The van der Waals surface area contributed by atoms with Crippen molar-refractivity contribution in [2.24, 2.45) is 0 Å². The van der Waals surface area contributed by atoms with Crippen LogP contribution in [0.3, 0.4) is 0 Å². The molecule has 0 radical (unpaired) electrons. The number of likely N-dealkylation sites (N-methyl/N-ethyl adjacent to an activating group) is 1. The first-order chi connectivity index (χ1) is 10.4. The van der Waals surface area contributed by atoms with Crippen LogP contribution in [-0.2, 0) is 10.0 Å². The van der Waals surface area contributed by atoms with E-state index in [1.165, 1.54) is 0 Å². The SMILES string of the molecule is Cc1ccc(Br)cc1S(=O)(=O)NCCCN1CCN(C)CC1. The zero-order chi connectivity index (χ0) is 16.2. The van der Waals surface area contributed by atoms with Crippen LogP contribution in [0, 0.1) is 6.92 Å². The zero-order valence-corrected chi connectivity index (χ0v) is 15.6. The Labute approximate surface area is 141 Å². The van der Waals surface area contributed by atoms with Crippen molar-refractivity contribution in [3.63, 3.8) is 0 Å². The Bertz CT molecular complexity index is 599. The monoisotopic (exact) mass is 389 g/mol. The minimum atomic E-state index is -3.43. The van der Waals surface area contributed by atoms with Gasteiger partial charge in [0, 0.05) is 37.2 Å². The molecule has 5 nitrogen and oxygen atoms in total. The van der Waals surface area contributed by atoms with Gasteiger partial charge in [0.05, 0.1) is 4.90 Å². The predicted molar refractivity (Wildman–Crippen MR) is 92.6 cm³/mol. The number of rotatable bonds is 6. The van der Waals surface area contributed by atoms with E-state index in [4.69, 9.17) is 0 Å². The van der Waals surface area contributed by atoms with Crippen LogP contribution in [0.15, 0.2) is 27.6 Å². The molecule has 1 saturated heterocycles. The third kappa shape index (κ3) is 5.03. The van der Waals surface area contributed by atoms with Crippen LogP contribution >= 0.6 is 15.9 Å². The molecular formula is C15H24BrN3O2S. The fourth-order valence-corrected chi connectivity index (χ4v) is 4.38. The van der Waals surface area contributed by atoms with Crippen molar-refractivity contribution in [3.05, 3.63) is 28.2 Å². The van der Waals surface area contributed by atoms with Gasteiger partial charge in [0.15, 0.2) is 0 Å². The molecule has 0 bridgehead atoms. The number of hydrogen-bond acceptors (Lipinski definition) is 4. The standard InChI is InChI=1S/C15H24BrN3O2S/c1-13-4-5-14(16)12-15(13)22(20,21)17-6-3-7-19-10-8-18(2)9-11-19/h4-5,12,17H,3,6-11H2,1-2H3. The number of nitrogens with zero attached hydrogens (tertiary/aromatic N) is 2. The fourth-order valence-electron chi connectivity index (χ4n) is 2.52. The number of sulfonamides is 1. The maximum atomic E-state index is 12.3. The molecule has 0 unspecified atom stereocenters. The molecule has 0 aromatic heterocycles. The van der Waals surface area contributed by atoms with Crippen LogP contribution in [0.25, 0.3) is 0 Å². The van der Waals surface area contributed by atoms with Crippen molar-refractivity contribution in [1.82, 2.24) is 14.5 Å². The highest BCUT2D eigenvalue weighted by Crippen LogP contribution is 2.20. The maximum absolute atomic E-state index is 12.3. The second-order valence-electron chi connectivity index (χ2n) is 5.81. The molecule has 1 aliphatic heterocycles. The number of benzene rings is 1. The van der Waals surface area contributed by atoms with Crippen molar-refractivity contribution in [2.45, 2.75) is 18.2 Å². The molecule has 1 aromatic carbocycles. The lowest BCUT2D eigenvalue weighted by atomic mass is 10.2. The highest BCUT2D eigenvalue weighted by atomic mass is 79.9. The fraction of sp³-hybridized carbons (Fsp3) is 0.600. The van der Waals surface area contributed by atoms with Crippen LogP contribution in [0.4, 0.5) is 0 Å². The van der Waals surface area contributed by atoms with Gasteiger partial charge in [0.25, 0.3) is 0 Å². The van der Waals surface area contributed by atoms with Gasteiger partial charge in [-0.2, -0.15) is 0 Å². The van der Waals surface area contributed by atoms with E-state index in [1.807, 2.05) is 19.1 Å². The van der Waals surface area contributed by atoms with E-state index in [0.29, 0.717) is 11.4 Å². The van der Waals surface area contributed by atoms with Crippen molar-refractivity contribution >= 4 is 26.0 Å². The number of hydrogen-bond donors (Lipinski definition) is 1. The summed E-state index contributed by atoms with van der Waals surface area (Å²) < 4.78 is 28.2. The Morgan fingerprint density at radius 2 is 1.91 bits per heavy atom. The minimum Gasteiger partial charge on any atom is -0.304 e. The van der Waals surface area contributed by atoms with Crippen molar-refractivity contribution < 1.29 is 8.42 Å². The van der Waals surface area contributed by atoms with E-state index in [9.17, 15) is 8.42 Å². The summed E-state index contributed by atoms with van der Waals surface area (Å²) in [6.45, 7) is 7.52. The topological polar surface area (TPSA) is 52.7 Å². The Balaban J connectivity index is 1.82. The van der Waals surface area contributed by atoms with Crippen molar-refractivity contribution in [3.8, 4) is 0 Å². The summed E-state index contributed by atoms with van der Waals surface area (Å²) in [4.78, 5) is 5.05. The average molecular weight is 390 g/mol. The van der Waals surface area contributed by atoms with Crippen LogP contribution < -0.4 is 4.72 Å². The van der Waals surface area contributed by atoms with Crippen LogP contribution in [-0.4, -0.2) is 64.5 Å². The average Bonchev–Trinajstić information content (AvgIpc) is 2.48. The van der Waals surface area contributed by atoms with Crippen LogP contribution in [0.1, 0.15) is 12.0 Å². The summed E-state index contributed by atoms with van der Waals surface area (Å²) in [5.74, 6) is 0. The normalized spacial score (nSPS) is 17.8. The molecule has 2 rings (SSSR count). The lowest BCUT2D eigenvalue weighted by molar-refractivity contribution is 0.153. The van der Waals surface area contributed by atoms with Gasteiger partial charge in [-0.25, -0.2) is 13.1 Å². The molecule has 1 N–H and O–H groups in total. The summed E-state index contributed by atoms with van der Waals surface area (Å²) in [6, 6.07) is 5.31. The summed E-state index contributed by atoms with van der Waals surface area (Å²) in [5, 5.41) is 0. The first kappa shape index (κ1) is 17.9. The highest BCUT2D eigenvalue weighted by molar-refractivity contribution is 9.10. The molecule has 0 atom stereocenters. The smallest absolute Gasteiger partial charge is 0.240 e. The lowest BCUT2D eigenvalue weighted by Gasteiger charge is -2.32. The molecule has 124 valence electrons. The summed E-state index contributed by atoms with van der Waals surface area (Å²) in [7, 11) is -1.30. The molecule has 1 aromatic rings. The van der Waals surface area contributed by atoms with E-state index >= 15 is 0 Å².